The molecule has 0 saturated carbocycles. The van der Waals surface area contributed by atoms with E-state index < -0.39 is 46.8 Å². The molecule has 0 radical (unpaired) electrons. The molecule has 1 saturated heterocycles. The van der Waals surface area contributed by atoms with Crippen LogP contribution in [0, 0.1) is 12.7 Å². The maximum atomic E-state index is 15.8. The zero-order valence-corrected chi connectivity index (χ0v) is 30.4. The summed E-state index contributed by atoms with van der Waals surface area (Å²) in [5, 5.41) is 3.25. The summed E-state index contributed by atoms with van der Waals surface area (Å²) in [7, 11) is 1.51. The molecular formula is C40H35F3N6O7. The van der Waals surface area contributed by atoms with E-state index >= 15 is 4.39 Å². The maximum Gasteiger partial charge on any atom is 0.395 e. The van der Waals surface area contributed by atoms with Gasteiger partial charge in [-0.25, -0.2) is 18.5 Å². The Morgan fingerprint density at radius 1 is 0.982 bits per heavy atom. The Kier molecular flexibility index (Phi) is 10.3. The van der Waals surface area contributed by atoms with Gasteiger partial charge in [-0.05, 0) is 60.5 Å². The Morgan fingerprint density at radius 3 is 2.46 bits per heavy atom. The average Bonchev–Trinajstić information content (AvgIpc) is 3.17. The van der Waals surface area contributed by atoms with E-state index in [0.29, 0.717) is 60.9 Å². The smallest absolute Gasteiger partial charge is 0.395 e. The molecule has 0 aliphatic carbocycles. The van der Waals surface area contributed by atoms with Crippen molar-refractivity contribution in [3.63, 3.8) is 0 Å². The monoisotopic (exact) mass is 768 g/mol. The highest BCUT2D eigenvalue weighted by Gasteiger charge is 2.31. The van der Waals surface area contributed by atoms with E-state index in [2.05, 4.69) is 15.3 Å². The first kappa shape index (κ1) is 37.8. The number of carbonyl (C=O) groups excluding carboxylic acids is 2. The molecule has 1 unspecified atom stereocenters. The molecule has 1 aliphatic heterocycles. The number of hydrogen-bond donors (Lipinski definition) is 1. The Morgan fingerprint density at radius 2 is 1.73 bits per heavy atom. The number of anilines is 1. The van der Waals surface area contributed by atoms with Crippen molar-refractivity contribution >= 4 is 39.4 Å². The van der Waals surface area contributed by atoms with Crippen molar-refractivity contribution in [2.24, 2.45) is 7.05 Å². The third-order valence-electron chi connectivity index (χ3n) is 9.39. The van der Waals surface area contributed by atoms with Gasteiger partial charge in [0.2, 0.25) is 0 Å². The minimum absolute atomic E-state index is 0.154. The van der Waals surface area contributed by atoms with Gasteiger partial charge in [0.25, 0.3) is 11.5 Å². The summed E-state index contributed by atoms with van der Waals surface area (Å²) in [5.74, 6) is -3.61. The number of para-hydroxylation sites is 2. The largest absolute Gasteiger partial charge is 0.429 e. The van der Waals surface area contributed by atoms with Crippen LogP contribution in [0.2, 0.25) is 0 Å². The van der Waals surface area contributed by atoms with E-state index in [1.54, 1.807) is 31.2 Å². The van der Waals surface area contributed by atoms with E-state index in [1.165, 1.54) is 72.7 Å². The number of halogens is 3. The third-order valence-corrected chi connectivity index (χ3v) is 9.39. The maximum absolute atomic E-state index is 15.8. The number of nitrogens with one attached hydrogen (secondary N) is 1. The van der Waals surface area contributed by atoms with Gasteiger partial charge in [-0.15, -0.1) is 0 Å². The zero-order chi connectivity index (χ0) is 39.7. The van der Waals surface area contributed by atoms with Gasteiger partial charge >= 0.3 is 17.8 Å². The number of rotatable bonds is 10. The molecule has 1 amide bonds. The summed E-state index contributed by atoms with van der Waals surface area (Å²) in [6, 6.07) is 14.5. The van der Waals surface area contributed by atoms with E-state index in [4.69, 9.17) is 14.2 Å². The van der Waals surface area contributed by atoms with Crippen molar-refractivity contribution in [1.82, 2.24) is 24.4 Å². The van der Waals surface area contributed by atoms with Gasteiger partial charge in [0.05, 0.1) is 47.1 Å². The highest BCUT2D eigenvalue weighted by molar-refractivity contribution is 5.99. The first-order valence-corrected chi connectivity index (χ1v) is 17.5. The molecule has 3 aromatic heterocycles. The van der Waals surface area contributed by atoms with Crippen molar-refractivity contribution in [1.29, 1.82) is 0 Å². The van der Waals surface area contributed by atoms with Crippen molar-refractivity contribution in [2.75, 3.05) is 31.2 Å². The van der Waals surface area contributed by atoms with Crippen LogP contribution in [0.3, 0.4) is 0 Å². The lowest BCUT2D eigenvalue weighted by molar-refractivity contribution is -0.161. The van der Waals surface area contributed by atoms with Crippen molar-refractivity contribution in [3.8, 4) is 17.2 Å². The van der Waals surface area contributed by atoms with Crippen molar-refractivity contribution in [2.45, 2.75) is 32.4 Å². The summed E-state index contributed by atoms with van der Waals surface area (Å²) in [6.45, 7) is 4.11. The van der Waals surface area contributed by atoms with Gasteiger partial charge in [-0.2, -0.15) is 8.78 Å². The number of nitrogens with zero attached hydrogens (tertiary/aromatic N) is 5. The lowest BCUT2D eigenvalue weighted by Gasteiger charge is -2.29. The molecule has 7 rings (SSSR count). The van der Waals surface area contributed by atoms with Crippen LogP contribution in [-0.2, 0) is 23.0 Å². The number of aryl methyl sites for hydroxylation is 2. The number of carbonyl (C=O) groups is 2. The molecule has 1 fully saturated rings. The molecule has 6 aromatic rings. The second-order valence-electron chi connectivity index (χ2n) is 13.2. The Hall–Kier alpha value is -6.55. The highest BCUT2D eigenvalue weighted by Crippen LogP contribution is 2.32. The van der Waals surface area contributed by atoms with Crippen LogP contribution in [0.5, 0.6) is 11.5 Å². The number of hydrogen-bond acceptors (Lipinski definition) is 10. The SMILES string of the molecule is Cc1cc(N2CCOCC2)cc(F)c1C(=O)NC(Cc1ccc(-n2c(=O)c3ccncc3n(C)c2=O)c2ncccc12)C(=O)Oc1ccccc1OC(C)(F)F. The highest BCUT2D eigenvalue weighted by atomic mass is 19.3. The van der Waals surface area contributed by atoms with Gasteiger partial charge in [0.1, 0.15) is 11.9 Å². The normalized spacial score (nSPS) is 13.8. The number of pyridine rings is 2. The van der Waals surface area contributed by atoms with Crippen molar-refractivity contribution in [3.05, 3.63) is 129 Å². The quantitative estimate of drug-likeness (QED) is 0.152. The van der Waals surface area contributed by atoms with E-state index in [9.17, 15) is 28.0 Å². The number of aromatic nitrogens is 4. The summed E-state index contributed by atoms with van der Waals surface area (Å²) in [6.07, 6.45) is 0.436. The molecule has 288 valence electrons. The zero-order valence-electron chi connectivity index (χ0n) is 30.4. The fraction of sp³-hybridized carbons (Fsp3) is 0.250. The van der Waals surface area contributed by atoms with Crippen LogP contribution >= 0.6 is 0 Å². The predicted octanol–water partition coefficient (Wildman–Crippen LogP) is 4.85. The molecular weight excluding hydrogens is 733 g/mol. The fourth-order valence-corrected chi connectivity index (χ4v) is 6.73. The molecule has 0 spiro atoms. The van der Waals surface area contributed by atoms with Crippen molar-refractivity contribution < 1.29 is 37.0 Å². The topological polar surface area (TPSA) is 147 Å². The lowest BCUT2D eigenvalue weighted by Crippen LogP contribution is -2.45. The molecule has 13 nitrogen and oxygen atoms in total. The first-order chi connectivity index (χ1) is 26.8. The van der Waals surface area contributed by atoms with Crippen LogP contribution in [0.25, 0.3) is 27.5 Å². The Bertz CT molecular complexity index is 2590. The van der Waals surface area contributed by atoms with E-state index in [1.807, 2.05) is 4.90 Å². The van der Waals surface area contributed by atoms with Crippen LogP contribution < -0.4 is 30.9 Å². The molecule has 0 bridgehead atoms. The number of alkyl halides is 2. The molecule has 56 heavy (non-hydrogen) atoms. The number of esters is 1. The summed E-state index contributed by atoms with van der Waals surface area (Å²) in [4.78, 5) is 65.6. The Labute approximate surface area is 316 Å². The molecule has 1 aliphatic rings. The Balaban J connectivity index is 1.28. The number of morpholine rings is 1. The van der Waals surface area contributed by atoms with Gasteiger partial charge in [-0.1, -0.05) is 24.3 Å². The minimum atomic E-state index is -3.61. The molecule has 4 heterocycles. The third kappa shape index (κ3) is 7.55. The van der Waals surface area contributed by atoms with Gasteiger partial charge in [0.15, 0.2) is 11.5 Å². The predicted molar refractivity (Wildman–Crippen MR) is 200 cm³/mol. The van der Waals surface area contributed by atoms with Crippen LogP contribution in [0.15, 0.2) is 94.9 Å². The van der Waals surface area contributed by atoms with Crippen LogP contribution in [0.4, 0.5) is 18.9 Å². The number of benzene rings is 3. The average molecular weight is 769 g/mol. The van der Waals surface area contributed by atoms with Gasteiger partial charge in [-0.3, -0.25) is 24.1 Å². The second-order valence-corrected chi connectivity index (χ2v) is 13.2. The van der Waals surface area contributed by atoms with Gasteiger partial charge in [0, 0.05) is 56.9 Å². The molecule has 16 heteroatoms. The van der Waals surface area contributed by atoms with E-state index in [-0.39, 0.29) is 34.3 Å². The summed E-state index contributed by atoms with van der Waals surface area (Å²) in [5.41, 5.74) is 0.433. The lowest BCUT2D eigenvalue weighted by atomic mass is 9.99. The first-order valence-electron chi connectivity index (χ1n) is 17.5. The van der Waals surface area contributed by atoms with Gasteiger partial charge < -0.3 is 24.4 Å². The molecule has 1 atom stereocenters. The number of ether oxygens (including phenoxy) is 3. The number of fused-ring (bicyclic) bond motifs is 2. The second kappa shape index (κ2) is 15.3. The molecule has 3 aromatic carbocycles. The molecule has 1 N–H and O–H groups in total. The summed E-state index contributed by atoms with van der Waals surface area (Å²) < 4.78 is 61.5. The summed E-state index contributed by atoms with van der Waals surface area (Å²) >= 11 is 0. The number of amides is 1. The van der Waals surface area contributed by atoms with Crippen LogP contribution in [0.1, 0.15) is 28.4 Å². The standard InChI is InChI=1S/C40H35F3N6O7/c1-23-19-25(48-15-17-54-18-16-48)21-28(41)34(23)36(50)46-29(38(52)55-32-8-4-5-9-33(32)56-40(2,42)43)20-24-10-11-30(35-26(24)7-6-13-45-35)49-37(51)27-12-14-44-22-31(27)47(3)39(49)53/h4-14,19,21-22,29H,15-18,20H2,1-3H3,(H,46,50). The fourth-order valence-electron chi connectivity index (χ4n) is 6.73. The van der Waals surface area contributed by atoms with E-state index in [0.717, 1.165) is 4.57 Å². The minimum Gasteiger partial charge on any atom is -0.429 e. The van der Waals surface area contributed by atoms with Crippen LogP contribution in [-0.4, -0.2) is 69.4 Å².